The number of aromatic hydroxyl groups is 8. The van der Waals surface area contributed by atoms with Gasteiger partial charge in [-0.3, -0.25) is 13.7 Å². The molecule has 0 radical (unpaired) electrons. The van der Waals surface area contributed by atoms with E-state index < -0.39 is 68.2 Å². The van der Waals surface area contributed by atoms with E-state index in [-0.39, 0.29) is 49.2 Å². The van der Waals surface area contributed by atoms with E-state index in [1.165, 1.54) is 13.0 Å². The summed E-state index contributed by atoms with van der Waals surface area (Å²) in [5.74, 6) is -5.82. The third-order valence-electron chi connectivity index (χ3n) is 7.44. The Kier molecular flexibility index (Phi) is 5.77. The molecule has 0 aliphatic rings. The van der Waals surface area contributed by atoms with Crippen molar-refractivity contribution in [2.75, 3.05) is 0 Å². The van der Waals surface area contributed by atoms with Crippen LogP contribution in [0.1, 0.15) is 37.5 Å². The fraction of sp³-hybridized carbons (Fsp3) is 0.200. The lowest BCUT2D eigenvalue weighted by molar-refractivity contribution is 0.0901. The number of benzene rings is 4. The summed E-state index contributed by atoms with van der Waals surface area (Å²) in [4.78, 5) is 0. The molecule has 2 aromatic heterocycles. The van der Waals surface area contributed by atoms with Crippen LogP contribution in [0, 0.1) is 13.8 Å². The van der Waals surface area contributed by atoms with Gasteiger partial charge in [-0.05, 0) is 43.0 Å². The van der Waals surface area contributed by atoms with Crippen molar-refractivity contribution in [1.29, 1.82) is 0 Å². The van der Waals surface area contributed by atoms with Gasteiger partial charge in [0.15, 0.2) is 45.7 Å². The monoisotopic (exact) mass is 611 g/mol. The Morgan fingerprint density at radius 2 is 1.19 bits per heavy atom. The molecule has 43 heavy (non-hydrogen) atoms. The molecule has 0 saturated carbocycles. The lowest BCUT2D eigenvalue weighted by Gasteiger charge is -2.22. The molecule has 0 aliphatic carbocycles. The minimum atomic E-state index is -0.878. The first-order chi connectivity index (χ1) is 20.1. The zero-order valence-corrected chi connectivity index (χ0v) is 24.1. The minimum Gasteiger partial charge on any atom is -0.505 e. The first-order valence-electron chi connectivity index (χ1n) is 12.9. The van der Waals surface area contributed by atoms with E-state index in [9.17, 15) is 40.9 Å². The molecule has 0 aliphatic heterocycles. The summed E-state index contributed by atoms with van der Waals surface area (Å²) in [7, 11) is 0. The van der Waals surface area contributed by atoms with Crippen molar-refractivity contribution in [1.82, 2.24) is 4.57 Å². The molecule has 6 rings (SSSR count). The van der Waals surface area contributed by atoms with Crippen molar-refractivity contribution in [3.8, 4) is 51.7 Å². The van der Waals surface area contributed by atoms with Crippen LogP contribution >= 0.6 is 11.6 Å². The maximum atomic E-state index is 11.5. The van der Waals surface area contributed by atoms with Gasteiger partial charge in [-0.1, -0.05) is 32.4 Å². The molecule has 224 valence electrons. The molecule has 4 aromatic carbocycles. The second-order valence-corrected chi connectivity index (χ2v) is 11.8. The molecule has 0 bridgehead atoms. The van der Waals surface area contributed by atoms with Gasteiger partial charge < -0.3 is 45.3 Å². The van der Waals surface area contributed by atoms with Crippen LogP contribution in [0.5, 0.6) is 46.0 Å². The van der Waals surface area contributed by atoms with E-state index in [2.05, 4.69) is 0 Å². The van der Waals surface area contributed by atoms with Crippen LogP contribution in [0.4, 0.5) is 0 Å². The Balaban J connectivity index is 2.02. The highest BCUT2D eigenvalue weighted by Gasteiger charge is 2.34. The van der Waals surface area contributed by atoms with Gasteiger partial charge in [0.25, 0.3) is 5.58 Å². The summed E-state index contributed by atoms with van der Waals surface area (Å²) in [6.07, 6.45) is 0. The molecular weight excluding hydrogens is 586 g/mol. The van der Waals surface area contributed by atoms with Crippen LogP contribution in [0.3, 0.4) is 0 Å². The first-order valence-corrected chi connectivity index (χ1v) is 13.2. The van der Waals surface area contributed by atoms with E-state index in [4.69, 9.17) is 25.2 Å². The van der Waals surface area contributed by atoms with Crippen molar-refractivity contribution in [3.63, 3.8) is 0 Å². The number of nitrogens with zero attached hydrogens (tertiary/aromatic N) is 1. The van der Waals surface area contributed by atoms with Crippen molar-refractivity contribution >= 4 is 55.7 Å². The Morgan fingerprint density at radius 1 is 0.605 bits per heavy atom. The van der Waals surface area contributed by atoms with Gasteiger partial charge in [0.1, 0.15) is 11.0 Å². The van der Waals surface area contributed by atoms with E-state index in [0.29, 0.717) is 5.56 Å². The van der Waals surface area contributed by atoms with Crippen molar-refractivity contribution in [2.24, 2.45) is 0 Å². The Bertz CT molecular complexity index is 2220. The average Bonchev–Trinajstić information content (AvgIpc) is 3.23. The summed E-state index contributed by atoms with van der Waals surface area (Å²) in [6.45, 7) is 8.09. The predicted molar refractivity (Wildman–Crippen MR) is 157 cm³/mol. The Morgan fingerprint density at radius 3 is 1.81 bits per heavy atom. The normalized spacial score (nSPS) is 12.2. The number of hydrogen-bond donors (Lipinski definition) is 8. The fourth-order valence-corrected chi connectivity index (χ4v) is 5.78. The summed E-state index contributed by atoms with van der Waals surface area (Å²) >= 11 is 6.37. The number of rotatable bonds is 1. The highest BCUT2D eigenvalue weighted by atomic mass is 35.5. The van der Waals surface area contributed by atoms with Crippen molar-refractivity contribution in [3.05, 3.63) is 39.9 Å². The SMILES string of the molecule is Cc1cc(Cl)cc(-n2c3c(O)c(C)c(O)c(O)c3ooc3c4c(oc5c(O)c(C(C)(C)C)c(O)c(O)c54)c(O)c(O)c32)c1. The maximum absolute atomic E-state index is 11.5. The van der Waals surface area contributed by atoms with E-state index in [0.717, 1.165) is 4.57 Å². The van der Waals surface area contributed by atoms with Gasteiger partial charge in [-0.15, -0.1) is 0 Å². The lowest BCUT2D eigenvalue weighted by Crippen LogP contribution is -2.11. The highest BCUT2D eigenvalue weighted by Crippen LogP contribution is 2.56. The lowest BCUT2D eigenvalue weighted by atomic mass is 9.84. The van der Waals surface area contributed by atoms with Gasteiger partial charge in [0.2, 0.25) is 17.1 Å². The van der Waals surface area contributed by atoms with Crippen LogP contribution in [-0.4, -0.2) is 45.4 Å². The molecule has 8 N–H and O–H groups in total. The second-order valence-electron chi connectivity index (χ2n) is 11.4. The molecular formula is C30H26ClNO11. The smallest absolute Gasteiger partial charge is 0.251 e. The number of furan rings is 1. The number of phenolic OH excluding ortho intramolecular Hbond substituents is 8. The number of aromatic nitrogens is 1. The van der Waals surface area contributed by atoms with Crippen LogP contribution in [0.25, 0.3) is 49.8 Å². The van der Waals surface area contributed by atoms with E-state index >= 15 is 0 Å². The quantitative estimate of drug-likeness (QED) is 0.0529. The van der Waals surface area contributed by atoms with Gasteiger partial charge >= 0.3 is 0 Å². The standard InChI is InChI=1S/C30H26ClNO11/c1-9-6-11(31)8-12(7-9)32-16-18(33)10(2)19(34)24(39)29(16)43-42-26-14-13-20(35)21(36)15(30(3,4)5)22(37)27(13)41-28(14)25(40)23(38)17(26)32/h6-8,33-40H,1-5H3. The summed E-state index contributed by atoms with van der Waals surface area (Å²) in [6, 6.07) is 4.69. The molecule has 13 heteroatoms. The zero-order valence-electron chi connectivity index (χ0n) is 23.4. The van der Waals surface area contributed by atoms with Gasteiger partial charge in [0.05, 0.1) is 10.8 Å². The molecule has 12 nitrogen and oxygen atoms in total. The number of hydrogen-bond acceptors (Lipinski definition) is 11. The third-order valence-corrected chi connectivity index (χ3v) is 7.66. The molecule has 0 amide bonds. The summed E-state index contributed by atoms with van der Waals surface area (Å²) in [5.41, 5.74) is -2.82. The highest BCUT2D eigenvalue weighted by molar-refractivity contribution is 6.31. The van der Waals surface area contributed by atoms with E-state index in [1.807, 2.05) is 0 Å². The molecule has 6 aromatic rings. The molecule has 0 unspecified atom stereocenters. The summed E-state index contributed by atoms with van der Waals surface area (Å²) in [5, 5.41) is 88.4. The molecule has 0 fully saturated rings. The van der Waals surface area contributed by atoms with Gasteiger partial charge in [-0.25, -0.2) is 0 Å². The molecule has 0 atom stereocenters. The van der Waals surface area contributed by atoms with Crippen LogP contribution in [0.15, 0.2) is 31.8 Å². The number of halogens is 1. The van der Waals surface area contributed by atoms with E-state index in [1.54, 1.807) is 39.8 Å². The minimum absolute atomic E-state index is 0.0484. The third kappa shape index (κ3) is 3.69. The van der Waals surface area contributed by atoms with Crippen LogP contribution in [0.2, 0.25) is 5.02 Å². The molecule has 0 saturated heterocycles. The Hall–Kier alpha value is -5.23. The van der Waals surface area contributed by atoms with Crippen LogP contribution in [-0.2, 0) is 5.41 Å². The van der Waals surface area contributed by atoms with Gasteiger partial charge in [-0.2, -0.15) is 0 Å². The molecule has 2 heterocycles. The summed E-state index contributed by atoms with van der Waals surface area (Å²) < 4.78 is 18.0. The second kappa shape index (κ2) is 8.88. The average molecular weight is 612 g/mol. The van der Waals surface area contributed by atoms with Crippen molar-refractivity contribution in [2.45, 2.75) is 40.0 Å². The molecule has 0 spiro atoms. The number of fused-ring (bicyclic) bond motifs is 6. The van der Waals surface area contributed by atoms with Crippen molar-refractivity contribution < 1.29 is 54.4 Å². The van der Waals surface area contributed by atoms with Gasteiger partial charge in [0, 0.05) is 21.8 Å². The largest absolute Gasteiger partial charge is 0.505 e. The predicted octanol–water partition coefficient (Wildman–Crippen LogP) is 7.21. The fourth-order valence-electron chi connectivity index (χ4n) is 5.49. The first kappa shape index (κ1) is 27.9. The topological polar surface area (TPSA) is 206 Å². The number of aryl methyl sites for hydroxylation is 1. The maximum Gasteiger partial charge on any atom is 0.251 e. The zero-order chi connectivity index (χ0) is 31.4. The Labute approximate surface area is 246 Å². The number of phenols is 8. The van der Waals surface area contributed by atoms with Crippen LogP contribution < -0.4 is 0 Å².